The Morgan fingerprint density at radius 2 is 1.71 bits per heavy atom. The number of rotatable bonds is 8. The summed E-state index contributed by atoms with van der Waals surface area (Å²) >= 11 is 0. The standard InChI is InChI=1S/C20H23N3O4S/c1-2-12-21-19(24)14-6-8-16(9-7-14)22-20(25)15-4-3-5-18(13-15)28(26,27)23-17-10-11-17/h3-9,13,17,23H,2,10-12H2,1H3,(H,21,24)(H,22,25). The Bertz CT molecular complexity index is 967. The summed E-state index contributed by atoms with van der Waals surface area (Å²) in [5.74, 6) is -0.590. The molecule has 3 rings (SSSR count). The fraction of sp³-hybridized carbons (Fsp3) is 0.300. The molecule has 0 heterocycles. The highest BCUT2D eigenvalue weighted by Crippen LogP contribution is 2.22. The van der Waals surface area contributed by atoms with Gasteiger partial charge in [-0.05, 0) is 61.7 Å². The fourth-order valence-electron chi connectivity index (χ4n) is 2.54. The number of anilines is 1. The SMILES string of the molecule is CCCNC(=O)c1ccc(NC(=O)c2cccc(S(=O)(=O)NC3CC3)c2)cc1. The molecular formula is C20H23N3O4S. The second-order valence-electron chi connectivity index (χ2n) is 6.71. The number of carbonyl (C=O) groups excluding carboxylic acids is 2. The van der Waals surface area contributed by atoms with E-state index in [2.05, 4.69) is 15.4 Å². The van der Waals surface area contributed by atoms with E-state index in [4.69, 9.17) is 0 Å². The molecule has 0 atom stereocenters. The number of carbonyl (C=O) groups is 2. The fourth-order valence-corrected chi connectivity index (χ4v) is 3.89. The van der Waals surface area contributed by atoms with Crippen LogP contribution in [0.4, 0.5) is 5.69 Å². The lowest BCUT2D eigenvalue weighted by atomic mass is 10.1. The monoisotopic (exact) mass is 401 g/mol. The largest absolute Gasteiger partial charge is 0.352 e. The van der Waals surface area contributed by atoms with Crippen molar-refractivity contribution < 1.29 is 18.0 Å². The van der Waals surface area contributed by atoms with Gasteiger partial charge in [0.05, 0.1) is 4.90 Å². The molecule has 1 aliphatic rings. The van der Waals surface area contributed by atoms with Gasteiger partial charge in [-0.2, -0.15) is 0 Å². The van der Waals surface area contributed by atoms with Crippen molar-refractivity contribution in [3.8, 4) is 0 Å². The molecule has 7 nitrogen and oxygen atoms in total. The summed E-state index contributed by atoms with van der Waals surface area (Å²) in [6.45, 7) is 2.58. The van der Waals surface area contributed by atoms with Crippen LogP contribution in [0.15, 0.2) is 53.4 Å². The molecule has 2 amide bonds. The third-order valence-corrected chi connectivity index (χ3v) is 5.76. The zero-order valence-electron chi connectivity index (χ0n) is 15.6. The number of sulfonamides is 1. The first kappa shape index (κ1) is 20.0. The Balaban J connectivity index is 1.67. The first-order valence-corrected chi connectivity index (χ1v) is 10.7. The van der Waals surface area contributed by atoms with E-state index in [1.165, 1.54) is 18.2 Å². The Morgan fingerprint density at radius 3 is 2.36 bits per heavy atom. The van der Waals surface area contributed by atoms with Crippen molar-refractivity contribution in [2.45, 2.75) is 37.1 Å². The summed E-state index contributed by atoms with van der Waals surface area (Å²) in [5.41, 5.74) is 1.26. The van der Waals surface area contributed by atoms with Crippen molar-refractivity contribution in [3.63, 3.8) is 0 Å². The Labute approximate surface area is 164 Å². The molecule has 0 radical (unpaired) electrons. The predicted molar refractivity (Wildman–Crippen MR) is 107 cm³/mol. The number of benzene rings is 2. The third-order valence-electron chi connectivity index (χ3n) is 4.25. The van der Waals surface area contributed by atoms with E-state index in [1.54, 1.807) is 30.3 Å². The first-order chi connectivity index (χ1) is 13.4. The van der Waals surface area contributed by atoms with Crippen LogP contribution in [-0.2, 0) is 10.0 Å². The van der Waals surface area contributed by atoms with E-state index in [1.807, 2.05) is 6.92 Å². The molecule has 0 bridgehead atoms. The zero-order valence-corrected chi connectivity index (χ0v) is 16.4. The summed E-state index contributed by atoms with van der Waals surface area (Å²) in [6.07, 6.45) is 2.53. The van der Waals surface area contributed by atoms with Crippen LogP contribution in [-0.4, -0.2) is 32.8 Å². The predicted octanol–water partition coefficient (Wildman–Crippen LogP) is 2.52. The Hall–Kier alpha value is -2.71. The van der Waals surface area contributed by atoms with Crippen molar-refractivity contribution in [3.05, 3.63) is 59.7 Å². The molecule has 2 aromatic rings. The first-order valence-electron chi connectivity index (χ1n) is 9.21. The van der Waals surface area contributed by atoms with Gasteiger partial charge in [0.2, 0.25) is 10.0 Å². The molecule has 8 heteroatoms. The van der Waals surface area contributed by atoms with Crippen LogP contribution in [0.2, 0.25) is 0 Å². The number of nitrogens with one attached hydrogen (secondary N) is 3. The van der Waals surface area contributed by atoms with Crippen molar-refractivity contribution in [2.24, 2.45) is 0 Å². The molecule has 1 saturated carbocycles. The highest BCUT2D eigenvalue weighted by molar-refractivity contribution is 7.89. The molecular weight excluding hydrogens is 378 g/mol. The highest BCUT2D eigenvalue weighted by atomic mass is 32.2. The zero-order chi connectivity index (χ0) is 20.1. The van der Waals surface area contributed by atoms with Gasteiger partial charge in [0.25, 0.3) is 11.8 Å². The quantitative estimate of drug-likeness (QED) is 0.632. The van der Waals surface area contributed by atoms with Crippen molar-refractivity contribution in [1.29, 1.82) is 0 Å². The van der Waals surface area contributed by atoms with Gasteiger partial charge in [-0.1, -0.05) is 13.0 Å². The molecule has 2 aromatic carbocycles. The van der Waals surface area contributed by atoms with Gasteiger partial charge in [-0.25, -0.2) is 13.1 Å². The molecule has 3 N–H and O–H groups in total. The molecule has 0 saturated heterocycles. The average Bonchev–Trinajstić information content (AvgIpc) is 3.50. The summed E-state index contributed by atoms with van der Waals surface area (Å²) in [5, 5.41) is 5.50. The van der Waals surface area contributed by atoms with Gasteiger partial charge in [0.1, 0.15) is 0 Å². The van der Waals surface area contributed by atoms with E-state index >= 15 is 0 Å². The van der Waals surface area contributed by atoms with Crippen LogP contribution in [0.1, 0.15) is 46.9 Å². The van der Waals surface area contributed by atoms with Crippen molar-refractivity contribution in [2.75, 3.05) is 11.9 Å². The van der Waals surface area contributed by atoms with Crippen LogP contribution >= 0.6 is 0 Å². The molecule has 0 unspecified atom stereocenters. The summed E-state index contributed by atoms with van der Waals surface area (Å²) < 4.78 is 27.2. The van der Waals surface area contributed by atoms with Crippen molar-refractivity contribution >= 4 is 27.5 Å². The van der Waals surface area contributed by atoms with E-state index < -0.39 is 15.9 Å². The number of hydrogen-bond donors (Lipinski definition) is 3. The van der Waals surface area contributed by atoms with Gasteiger partial charge in [0.15, 0.2) is 0 Å². The maximum Gasteiger partial charge on any atom is 0.255 e. The lowest BCUT2D eigenvalue weighted by molar-refractivity contribution is 0.0953. The van der Waals surface area contributed by atoms with Gasteiger partial charge in [-0.3, -0.25) is 9.59 Å². The maximum absolute atomic E-state index is 12.5. The molecule has 0 spiro atoms. The maximum atomic E-state index is 12.5. The Morgan fingerprint density at radius 1 is 1.00 bits per heavy atom. The van der Waals surface area contributed by atoms with E-state index in [-0.39, 0.29) is 22.4 Å². The molecule has 0 aromatic heterocycles. The lowest BCUT2D eigenvalue weighted by Crippen LogP contribution is -2.26. The van der Waals surface area contributed by atoms with E-state index in [9.17, 15) is 18.0 Å². The highest BCUT2D eigenvalue weighted by Gasteiger charge is 2.28. The van der Waals surface area contributed by atoms with Crippen LogP contribution in [0.3, 0.4) is 0 Å². The van der Waals surface area contributed by atoms with Gasteiger partial charge < -0.3 is 10.6 Å². The second-order valence-corrected chi connectivity index (χ2v) is 8.42. The average molecular weight is 401 g/mol. The van der Waals surface area contributed by atoms with Gasteiger partial charge >= 0.3 is 0 Å². The van der Waals surface area contributed by atoms with Crippen LogP contribution < -0.4 is 15.4 Å². The van der Waals surface area contributed by atoms with Crippen LogP contribution in [0.25, 0.3) is 0 Å². The molecule has 0 aliphatic heterocycles. The minimum absolute atomic E-state index is 0.00414. The molecule has 1 aliphatic carbocycles. The summed E-state index contributed by atoms with van der Waals surface area (Å²) in [4.78, 5) is 24.5. The smallest absolute Gasteiger partial charge is 0.255 e. The molecule has 148 valence electrons. The van der Waals surface area contributed by atoms with Gasteiger partial charge in [0, 0.05) is 29.4 Å². The minimum Gasteiger partial charge on any atom is -0.352 e. The van der Waals surface area contributed by atoms with Gasteiger partial charge in [-0.15, -0.1) is 0 Å². The normalized spacial score (nSPS) is 13.8. The molecule has 1 fully saturated rings. The topological polar surface area (TPSA) is 104 Å². The van der Waals surface area contributed by atoms with E-state index in [0.29, 0.717) is 17.8 Å². The van der Waals surface area contributed by atoms with Crippen molar-refractivity contribution in [1.82, 2.24) is 10.0 Å². The van der Waals surface area contributed by atoms with Crippen LogP contribution in [0, 0.1) is 0 Å². The number of amides is 2. The summed E-state index contributed by atoms with van der Waals surface area (Å²) in [6, 6.07) is 12.4. The Kier molecular flexibility index (Phi) is 6.11. The summed E-state index contributed by atoms with van der Waals surface area (Å²) in [7, 11) is -3.62. The minimum atomic E-state index is -3.62. The third kappa shape index (κ3) is 5.17. The second kappa shape index (κ2) is 8.53. The lowest BCUT2D eigenvalue weighted by Gasteiger charge is -2.09. The number of hydrogen-bond acceptors (Lipinski definition) is 4. The molecule has 28 heavy (non-hydrogen) atoms. The van der Waals surface area contributed by atoms with Crippen LogP contribution in [0.5, 0.6) is 0 Å². The van der Waals surface area contributed by atoms with E-state index in [0.717, 1.165) is 19.3 Å².